The minimum absolute atomic E-state index is 0.0275. The van der Waals surface area contributed by atoms with Crippen LogP contribution in [0.5, 0.6) is 0 Å². The number of hydrogen-bond donors (Lipinski definition) is 0. The predicted octanol–water partition coefficient (Wildman–Crippen LogP) is 2.34. The topological polar surface area (TPSA) is 62.7 Å². The summed E-state index contributed by atoms with van der Waals surface area (Å²) in [5.74, 6) is 0.975. The Hall–Kier alpha value is -1.64. The molecule has 2 aliphatic rings. The Labute approximate surface area is 154 Å². The average Bonchev–Trinajstić information content (AvgIpc) is 3.33. The number of carbonyl (C=O) groups is 2. The maximum atomic E-state index is 12.9. The highest BCUT2D eigenvalue weighted by molar-refractivity contribution is 8.00. The summed E-state index contributed by atoms with van der Waals surface area (Å²) >= 11 is 3.05. The summed E-state index contributed by atoms with van der Waals surface area (Å²) in [6.07, 6.45) is 2.01. The van der Waals surface area contributed by atoms with Gasteiger partial charge in [0.1, 0.15) is 6.54 Å². The number of thiazole rings is 1. The molecule has 6 nitrogen and oxygen atoms in total. The van der Waals surface area contributed by atoms with Gasteiger partial charge in [0.05, 0.1) is 34.5 Å². The van der Waals surface area contributed by atoms with Crippen molar-refractivity contribution >= 4 is 50.3 Å². The molecule has 8 heteroatoms. The molecule has 3 heterocycles. The molecule has 1 aromatic heterocycles. The lowest BCUT2D eigenvalue weighted by Crippen LogP contribution is -2.44. The lowest BCUT2D eigenvalue weighted by Gasteiger charge is -2.25. The van der Waals surface area contributed by atoms with Gasteiger partial charge in [-0.1, -0.05) is 23.5 Å². The molecule has 0 N–H and O–H groups in total. The second kappa shape index (κ2) is 7.31. The van der Waals surface area contributed by atoms with Crippen molar-refractivity contribution in [3.05, 3.63) is 24.3 Å². The molecular formula is C17H19N3O3S2. The first-order valence-corrected chi connectivity index (χ1v) is 10.3. The molecule has 0 aliphatic carbocycles. The van der Waals surface area contributed by atoms with Crippen LogP contribution >= 0.6 is 23.1 Å². The van der Waals surface area contributed by atoms with Crippen molar-refractivity contribution in [2.45, 2.75) is 18.9 Å². The summed E-state index contributed by atoms with van der Waals surface area (Å²) in [5.41, 5.74) is 0.889. The van der Waals surface area contributed by atoms with Gasteiger partial charge in [-0.15, -0.1) is 11.8 Å². The highest BCUT2D eigenvalue weighted by atomic mass is 32.2. The van der Waals surface area contributed by atoms with Crippen LogP contribution in [0, 0.1) is 0 Å². The molecule has 0 spiro atoms. The lowest BCUT2D eigenvalue weighted by molar-refractivity contribution is -0.131. The number of anilines is 1. The van der Waals surface area contributed by atoms with Gasteiger partial charge < -0.3 is 9.64 Å². The van der Waals surface area contributed by atoms with Gasteiger partial charge in [0, 0.05) is 6.61 Å². The summed E-state index contributed by atoms with van der Waals surface area (Å²) in [7, 11) is 0. The molecule has 1 unspecified atom stereocenters. The average molecular weight is 377 g/mol. The number of thioether (sulfide) groups is 1. The molecule has 2 aromatic rings. The van der Waals surface area contributed by atoms with Gasteiger partial charge in [0.15, 0.2) is 5.13 Å². The van der Waals surface area contributed by atoms with E-state index in [1.807, 2.05) is 24.3 Å². The molecule has 132 valence electrons. The zero-order valence-electron chi connectivity index (χ0n) is 13.7. The van der Waals surface area contributed by atoms with Gasteiger partial charge in [-0.25, -0.2) is 4.98 Å². The second-order valence-corrected chi connectivity index (χ2v) is 8.14. The zero-order valence-corrected chi connectivity index (χ0v) is 15.4. The van der Waals surface area contributed by atoms with E-state index in [1.165, 1.54) is 11.3 Å². The van der Waals surface area contributed by atoms with Crippen LogP contribution in [0.2, 0.25) is 0 Å². The van der Waals surface area contributed by atoms with Crippen LogP contribution in [0.25, 0.3) is 10.2 Å². The molecule has 1 atom stereocenters. The summed E-state index contributed by atoms with van der Waals surface area (Å²) in [6.45, 7) is 1.34. The minimum Gasteiger partial charge on any atom is -0.376 e. The third-order valence-corrected chi connectivity index (χ3v) is 6.38. The molecule has 0 bridgehead atoms. The van der Waals surface area contributed by atoms with Gasteiger partial charge in [-0.2, -0.15) is 0 Å². The van der Waals surface area contributed by atoms with E-state index in [4.69, 9.17) is 4.74 Å². The van der Waals surface area contributed by atoms with E-state index in [9.17, 15) is 9.59 Å². The largest absolute Gasteiger partial charge is 0.376 e. The molecule has 2 saturated heterocycles. The van der Waals surface area contributed by atoms with E-state index in [-0.39, 0.29) is 24.5 Å². The van der Waals surface area contributed by atoms with Crippen molar-refractivity contribution in [1.29, 1.82) is 0 Å². The summed E-state index contributed by atoms with van der Waals surface area (Å²) in [4.78, 5) is 32.7. The van der Waals surface area contributed by atoms with E-state index in [0.29, 0.717) is 23.3 Å². The normalized spacial score (nSPS) is 20.6. The molecule has 0 saturated carbocycles. The van der Waals surface area contributed by atoms with Crippen LogP contribution in [-0.4, -0.2) is 59.1 Å². The minimum atomic E-state index is -0.0922. The number of hydrogen-bond acceptors (Lipinski definition) is 6. The van der Waals surface area contributed by atoms with Gasteiger partial charge in [-0.3, -0.25) is 14.5 Å². The van der Waals surface area contributed by atoms with E-state index in [1.54, 1.807) is 21.6 Å². The Morgan fingerprint density at radius 1 is 1.40 bits per heavy atom. The zero-order chi connectivity index (χ0) is 17.2. The van der Waals surface area contributed by atoms with Crippen molar-refractivity contribution in [2.24, 2.45) is 0 Å². The SMILES string of the molecule is O=C1CSCN1CC(=O)N(CC1CCCO1)c1nc2ccccc2s1. The standard InChI is InChI=1S/C17H19N3O3S2/c21-15(9-19-11-24-10-16(19)22)20(8-12-4-3-7-23-12)17-18-13-5-1-2-6-14(13)25-17/h1-2,5-6,12H,3-4,7-11H2. The van der Waals surface area contributed by atoms with Crippen molar-refractivity contribution < 1.29 is 14.3 Å². The van der Waals surface area contributed by atoms with Crippen LogP contribution in [0.4, 0.5) is 5.13 Å². The molecule has 2 aliphatic heterocycles. The van der Waals surface area contributed by atoms with Gasteiger partial charge >= 0.3 is 0 Å². The van der Waals surface area contributed by atoms with E-state index >= 15 is 0 Å². The first-order valence-electron chi connectivity index (χ1n) is 8.34. The highest BCUT2D eigenvalue weighted by Crippen LogP contribution is 2.30. The third kappa shape index (κ3) is 3.65. The number of benzene rings is 1. The van der Waals surface area contributed by atoms with E-state index in [0.717, 1.165) is 29.7 Å². The van der Waals surface area contributed by atoms with Gasteiger partial charge in [-0.05, 0) is 25.0 Å². The second-order valence-electron chi connectivity index (χ2n) is 6.17. The monoisotopic (exact) mass is 377 g/mol. The quantitative estimate of drug-likeness (QED) is 0.800. The fourth-order valence-corrected chi connectivity index (χ4v) is 4.94. The number of aromatic nitrogens is 1. The maximum Gasteiger partial charge on any atom is 0.248 e. The fraction of sp³-hybridized carbons (Fsp3) is 0.471. The molecule has 25 heavy (non-hydrogen) atoms. The molecule has 4 rings (SSSR count). The number of rotatable bonds is 5. The Bertz CT molecular complexity index is 755. The van der Waals surface area contributed by atoms with Crippen LogP contribution < -0.4 is 4.90 Å². The number of nitrogens with zero attached hydrogens (tertiary/aromatic N) is 3. The molecule has 0 radical (unpaired) electrons. The van der Waals surface area contributed by atoms with Crippen molar-refractivity contribution in [3.8, 4) is 0 Å². The first-order chi connectivity index (χ1) is 12.2. The van der Waals surface area contributed by atoms with E-state index in [2.05, 4.69) is 4.98 Å². The molecule has 2 amide bonds. The highest BCUT2D eigenvalue weighted by Gasteiger charge is 2.30. The number of fused-ring (bicyclic) bond motifs is 1. The molecule has 1 aromatic carbocycles. The Morgan fingerprint density at radius 3 is 3.00 bits per heavy atom. The number of carbonyl (C=O) groups excluding carboxylic acids is 2. The molecule has 2 fully saturated rings. The Kier molecular flexibility index (Phi) is 4.91. The Balaban J connectivity index is 1.58. The summed E-state index contributed by atoms with van der Waals surface area (Å²) < 4.78 is 6.77. The first kappa shape index (κ1) is 16.8. The van der Waals surface area contributed by atoms with Gasteiger partial charge in [0.25, 0.3) is 0 Å². The summed E-state index contributed by atoms with van der Waals surface area (Å²) in [6, 6.07) is 7.87. The fourth-order valence-electron chi connectivity index (χ4n) is 3.04. The number of amides is 2. The maximum absolute atomic E-state index is 12.9. The summed E-state index contributed by atoms with van der Waals surface area (Å²) in [5, 5.41) is 0.681. The van der Waals surface area contributed by atoms with Crippen LogP contribution in [-0.2, 0) is 14.3 Å². The molecular weight excluding hydrogens is 358 g/mol. The van der Waals surface area contributed by atoms with Crippen molar-refractivity contribution in [3.63, 3.8) is 0 Å². The lowest BCUT2D eigenvalue weighted by atomic mass is 10.2. The Morgan fingerprint density at radius 2 is 2.28 bits per heavy atom. The van der Waals surface area contributed by atoms with Crippen molar-refractivity contribution in [1.82, 2.24) is 9.88 Å². The van der Waals surface area contributed by atoms with Crippen LogP contribution in [0.15, 0.2) is 24.3 Å². The number of ether oxygens (including phenoxy) is 1. The van der Waals surface area contributed by atoms with Crippen LogP contribution in [0.3, 0.4) is 0 Å². The van der Waals surface area contributed by atoms with Crippen LogP contribution in [0.1, 0.15) is 12.8 Å². The number of para-hydroxylation sites is 1. The predicted molar refractivity (Wildman–Crippen MR) is 100.0 cm³/mol. The van der Waals surface area contributed by atoms with Gasteiger partial charge in [0.2, 0.25) is 11.8 Å². The van der Waals surface area contributed by atoms with E-state index < -0.39 is 0 Å². The smallest absolute Gasteiger partial charge is 0.248 e. The van der Waals surface area contributed by atoms with Crippen molar-refractivity contribution in [2.75, 3.05) is 36.2 Å². The third-order valence-electron chi connectivity index (χ3n) is 4.38.